The van der Waals surface area contributed by atoms with Crippen LogP contribution in [0.3, 0.4) is 0 Å². The van der Waals surface area contributed by atoms with Gasteiger partial charge in [0.25, 0.3) is 0 Å². The summed E-state index contributed by atoms with van der Waals surface area (Å²) in [6, 6.07) is 0.757. The zero-order valence-electron chi connectivity index (χ0n) is 12.4. The first-order chi connectivity index (χ1) is 6.97. The van der Waals surface area contributed by atoms with E-state index in [0.29, 0.717) is 16.4 Å². The minimum absolute atomic E-state index is 0.321. The number of rotatable bonds is 0. The maximum atomic E-state index is 2.76. The van der Waals surface area contributed by atoms with Gasteiger partial charge in [-0.15, -0.1) is 0 Å². The van der Waals surface area contributed by atoms with Crippen molar-refractivity contribution in [3.8, 4) is 0 Å². The quantitative estimate of drug-likeness (QED) is 0.604. The highest BCUT2D eigenvalue weighted by atomic mass is 15.3. The van der Waals surface area contributed by atoms with Crippen LogP contribution in [0.2, 0.25) is 0 Å². The monoisotopic (exact) mass is 223 g/mol. The molecule has 94 valence electrons. The largest absolute Gasteiger partial charge is 0.294 e. The molecule has 0 bridgehead atoms. The molecule has 0 aromatic rings. The molecule has 0 aromatic carbocycles. The van der Waals surface area contributed by atoms with Crippen LogP contribution in [-0.2, 0) is 0 Å². The molecule has 0 radical (unpaired) electrons. The van der Waals surface area contributed by atoms with Crippen molar-refractivity contribution in [2.75, 3.05) is 6.54 Å². The van der Waals surface area contributed by atoms with Crippen molar-refractivity contribution >= 4 is 0 Å². The van der Waals surface area contributed by atoms with E-state index in [1.54, 1.807) is 0 Å². The Hall–Kier alpha value is -0.0400. The third-order valence-corrected chi connectivity index (χ3v) is 4.96. The third-order valence-electron chi connectivity index (χ3n) is 4.96. The molecule has 1 saturated heterocycles. The van der Waals surface area contributed by atoms with Gasteiger partial charge >= 0.3 is 0 Å². The van der Waals surface area contributed by atoms with Crippen LogP contribution in [0, 0.1) is 22.7 Å². The van der Waals surface area contributed by atoms with E-state index in [1.165, 1.54) is 6.54 Å². The van der Waals surface area contributed by atoms with Gasteiger partial charge in [0.15, 0.2) is 0 Å². The Balaban J connectivity index is 2.28. The second-order valence-corrected chi connectivity index (χ2v) is 8.59. The topological polar surface area (TPSA) is 3.24 Å². The molecular formula is C15H29N. The van der Waals surface area contributed by atoms with E-state index in [1.807, 2.05) is 0 Å². The van der Waals surface area contributed by atoms with Crippen LogP contribution in [-0.4, -0.2) is 23.0 Å². The van der Waals surface area contributed by atoms with Crippen LogP contribution in [0.4, 0.5) is 0 Å². The zero-order valence-corrected chi connectivity index (χ0v) is 12.4. The number of fused-ring (bicyclic) bond motifs is 1. The Morgan fingerprint density at radius 3 is 1.88 bits per heavy atom. The maximum Gasteiger partial charge on any atom is 0.0186 e. The van der Waals surface area contributed by atoms with Crippen LogP contribution in [0.15, 0.2) is 0 Å². The lowest BCUT2D eigenvalue weighted by atomic mass is 9.79. The zero-order chi connectivity index (χ0) is 12.5. The van der Waals surface area contributed by atoms with Crippen LogP contribution in [0.1, 0.15) is 55.4 Å². The van der Waals surface area contributed by atoms with Crippen LogP contribution in [0.25, 0.3) is 0 Å². The van der Waals surface area contributed by atoms with Gasteiger partial charge in [-0.1, -0.05) is 34.6 Å². The Bertz CT molecular complexity index is 290. The molecule has 0 aromatic heterocycles. The smallest absolute Gasteiger partial charge is 0.0186 e. The van der Waals surface area contributed by atoms with Crippen molar-refractivity contribution in [1.29, 1.82) is 0 Å². The van der Waals surface area contributed by atoms with E-state index in [2.05, 4.69) is 60.3 Å². The highest BCUT2D eigenvalue weighted by molar-refractivity contribution is 5.19. The summed E-state index contributed by atoms with van der Waals surface area (Å²) in [5.74, 6) is 1.86. The van der Waals surface area contributed by atoms with E-state index in [0.717, 1.165) is 17.9 Å². The minimum atomic E-state index is 0.321. The highest BCUT2D eigenvalue weighted by Crippen LogP contribution is 2.68. The Kier molecular flexibility index (Phi) is 2.36. The lowest BCUT2D eigenvalue weighted by molar-refractivity contribution is 0.0211. The molecule has 1 aliphatic heterocycles. The molecule has 2 rings (SSSR count). The summed E-state index contributed by atoms with van der Waals surface area (Å²) >= 11 is 0. The molecule has 1 heterocycles. The summed E-state index contributed by atoms with van der Waals surface area (Å²) in [7, 11) is 0. The van der Waals surface area contributed by atoms with E-state index < -0.39 is 0 Å². The van der Waals surface area contributed by atoms with Gasteiger partial charge in [-0.2, -0.15) is 0 Å². The fourth-order valence-electron chi connectivity index (χ4n) is 3.98. The first-order valence-electron chi connectivity index (χ1n) is 6.74. The second-order valence-electron chi connectivity index (χ2n) is 8.59. The van der Waals surface area contributed by atoms with Gasteiger partial charge in [0.2, 0.25) is 0 Å². The average Bonchev–Trinajstić information content (AvgIpc) is 2.39. The molecule has 0 N–H and O–H groups in total. The molecule has 2 aliphatic rings. The molecule has 1 aliphatic carbocycles. The highest BCUT2D eigenvalue weighted by Gasteiger charge is 2.69. The van der Waals surface area contributed by atoms with Gasteiger partial charge in [0, 0.05) is 18.1 Å². The van der Waals surface area contributed by atoms with Gasteiger partial charge in [-0.25, -0.2) is 0 Å². The normalized spacial score (nSPS) is 38.6. The summed E-state index contributed by atoms with van der Waals surface area (Å²) in [4.78, 5) is 2.76. The fourth-order valence-corrected chi connectivity index (χ4v) is 3.98. The first kappa shape index (κ1) is 12.4. The standard InChI is InChI=1S/C15H29N/c1-13(2,3)12-11-10(15(11,7)8)9-16(12)14(4,5)6/h10-12H,9H2,1-8H3/t10-,11-,12-/m0/s1. The lowest BCUT2D eigenvalue weighted by Gasteiger charge is -2.46. The molecule has 1 heteroatoms. The molecule has 0 spiro atoms. The molecule has 1 saturated carbocycles. The van der Waals surface area contributed by atoms with Gasteiger partial charge < -0.3 is 0 Å². The van der Waals surface area contributed by atoms with E-state index >= 15 is 0 Å². The van der Waals surface area contributed by atoms with Gasteiger partial charge in [0.05, 0.1) is 0 Å². The second kappa shape index (κ2) is 3.04. The van der Waals surface area contributed by atoms with Crippen LogP contribution in [0.5, 0.6) is 0 Å². The molecule has 3 atom stereocenters. The summed E-state index contributed by atoms with van der Waals surface area (Å²) in [6.07, 6.45) is 0. The Labute approximate surface area is 102 Å². The molecule has 2 fully saturated rings. The van der Waals surface area contributed by atoms with Gasteiger partial charge in [-0.05, 0) is 43.4 Å². The molecule has 1 nitrogen and oxygen atoms in total. The van der Waals surface area contributed by atoms with E-state index in [9.17, 15) is 0 Å². The van der Waals surface area contributed by atoms with Crippen LogP contribution < -0.4 is 0 Å². The summed E-state index contributed by atoms with van der Waals surface area (Å²) in [5, 5.41) is 0. The first-order valence-corrected chi connectivity index (χ1v) is 6.74. The fraction of sp³-hybridized carbons (Fsp3) is 1.00. The average molecular weight is 223 g/mol. The molecule has 0 amide bonds. The van der Waals surface area contributed by atoms with Gasteiger partial charge in [0.1, 0.15) is 0 Å². The molecule has 16 heavy (non-hydrogen) atoms. The van der Waals surface area contributed by atoms with Gasteiger partial charge in [-0.3, -0.25) is 4.90 Å². The summed E-state index contributed by atoms with van der Waals surface area (Å²) in [5.41, 5.74) is 1.32. The molecule has 0 unspecified atom stereocenters. The number of hydrogen-bond acceptors (Lipinski definition) is 1. The SMILES string of the molecule is CC(C)(C)[C@@H]1[C@@H]2[C@H](CN1C(C)(C)C)C2(C)C. The lowest BCUT2D eigenvalue weighted by Crippen LogP contribution is -2.53. The molecular weight excluding hydrogens is 194 g/mol. The van der Waals surface area contributed by atoms with E-state index in [4.69, 9.17) is 0 Å². The number of hydrogen-bond donors (Lipinski definition) is 0. The summed E-state index contributed by atoms with van der Waals surface area (Å²) < 4.78 is 0. The summed E-state index contributed by atoms with van der Waals surface area (Å²) in [6.45, 7) is 20.6. The van der Waals surface area contributed by atoms with E-state index in [-0.39, 0.29) is 0 Å². The third kappa shape index (κ3) is 1.63. The van der Waals surface area contributed by atoms with Crippen molar-refractivity contribution < 1.29 is 0 Å². The van der Waals surface area contributed by atoms with Crippen molar-refractivity contribution in [2.24, 2.45) is 22.7 Å². The number of nitrogens with zero attached hydrogens (tertiary/aromatic N) is 1. The van der Waals surface area contributed by atoms with Crippen molar-refractivity contribution in [3.63, 3.8) is 0 Å². The minimum Gasteiger partial charge on any atom is -0.294 e. The van der Waals surface area contributed by atoms with Crippen molar-refractivity contribution in [2.45, 2.75) is 67.0 Å². The van der Waals surface area contributed by atoms with Crippen molar-refractivity contribution in [1.82, 2.24) is 4.90 Å². The Morgan fingerprint density at radius 1 is 1.00 bits per heavy atom. The maximum absolute atomic E-state index is 2.76. The number of piperidine rings is 1. The van der Waals surface area contributed by atoms with Crippen molar-refractivity contribution in [3.05, 3.63) is 0 Å². The van der Waals surface area contributed by atoms with Crippen LogP contribution >= 0.6 is 0 Å². The predicted octanol–water partition coefficient (Wildman–Crippen LogP) is 3.79. The predicted molar refractivity (Wildman–Crippen MR) is 70.5 cm³/mol. The number of likely N-dealkylation sites (tertiary alicyclic amines) is 1. The Morgan fingerprint density at radius 2 is 1.50 bits per heavy atom.